The van der Waals surface area contributed by atoms with E-state index in [1.54, 1.807) is 6.92 Å². The molecule has 1 rings (SSSR count). The van der Waals surface area contributed by atoms with Crippen LogP contribution in [0, 0.1) is 0 Å². The first-order valence-corrected chi connectivity index (χ1v) is 3.61. The maximum Gasteiger partial charge on any atom is 0.217 e. The number of amides is 1. The predicted octanol–water partition coefficient (Wildman–Crippen LogP) is 1.23. The fourth-order valence-corrected chi connectivity index (χ4v) is 1.29. The molecule has 56 valence electrons. The average molecular weight is 139 g/mol. The molecule has 0 aromatic heterocycles. The van der Waals surface area contributed by atoms with Gasteiger partial charge in [0.05, 0.1) is 5.54 Å². The molecule has 0 bridgehead atoms. The Morgan fingerprint density at radius 3 is 2.40 bits per heavy atom. The van der Waals surface area contributed by atoms with Crippen LogP contribution in [0.2, 0.25) is 0 Å². The fourth-order valence-electron chi connectivity index (χ4n) is 1.29. The molecule has 1 aliphatic carbocycles. The molecule has 1 aliphatic rings. The van der Waals surface area contributed by atoms with Gasteiger partial charge in [-0.2, -0.15) is 0 Å². The number of nitrogens with one attached hydrogen (secondary N) is 1. The first kappa shape index (κ1) is 7.32. The van der Waals surface area contributed by atoms with Crippen molar-refractivity contribution in [2.75, 3.05) is 0 Å². The van der Waals surface area contributed by atoms with Gasteiger partial charge in [-0.3, -0.25) is 4.79 Å². The van der Waals surface area contributed by atoms with Crippen LogP contribution in [0.5, 0.6) is 0 Å². The molecular weight excluding hydrogens is 126 g/mol. The molecule has 0 atom stereocenters. The summed E-state index contributed by atoms with van der Waals surface area (Å²) in [5.74, 6) is 0.0413. The van der Waals surface area contributed by atoms with E-state index in [-0.39, 0.29) is 11.4 Å². The van der Waals surface area contributed by atoms with Crippen molar-refractivity contribution in [3.63, 3.8) is 0 Å². The molecule has 1 saturated carbocycles. The second-order valence-electron chi connectivity index (χ2n) is 2.90. The van der Waals surface area contributed by atoms with E-state index in [1.807, 2.05) is 6.08 Å². The van der Waals surface area contributed by atoms with E-state index < -0.39 is 0 Å². The van der Waals surface area contributed by atoms with Gasteiger partial charge in [-0.05, 0) is 19.3 Å². The summed E-state index contributed by atoms with van der Waals surface area (Å²) in [6.45, 7) is 5.24. The van der Waals surface area contributed by atoms with E-state index in [2.05, 4.69) is 11.9 Å². The molecule has 1 N–H and O–H groups in total. The Morgan fingerprint density at radius 2 is 2.30 bits per heavy atom. The lowest BCUT2D eigenvalue weighted by Gasteiger charge is -2.39. The number of hydrogen-bond acceptors (Lipinski definition) is 1. The van der Waals surface area contributed by atoms with Gasteiger partial charge in [0.15, 0.2) is 0 Å². The molecule has 0 radical (unpaired) electrons. The Labute approximate surface area is 61.3 Å². The van der Waals surface area contributed by atoms with Gasteiger partial charge in [-0.1, -0.05) is 6.08 Å². The minimum Gasteiger partial charge on any atom is -0.347 e. The molecule has 0 heterocycles. The van der Waals surface area contributed by atoms with Crippen molar-refractivity contribution in [2.24, 2.45) is 0 Å². The molecule has 0 saturated heterocycles. The molecule has 2 nitrogen and oxygen atoms in total. The van der Waals surface area contributed by atoms with Crippen LogP contribution in [0.4, 0.5) is 0 Å². The quantitative estimate of drug-likeness (QED) is 0.573. The molecule has 2 heteroatoms. The van der Waals surface area contributed by atoms with Gasteiger partial charge in [-0.25, -0.2) is 0 Å². The summed E-state index contributed by atoms with van der Waals surface area (Å²) in [7, 11) is 0. The summed E-state index contributed by atoms with van der Waals surface area (Å²) in [4.78, 5) is 10.7. The summed E-state index contributed by atoms with van der Waals surface area (Å²) in [6, 6.07) is 0. The minimum absolute atomic E-state index is 0.0413. The number of rotatable bonds is 2. The SMILES string of the molecule is C=CC1(NC(C)=O)CCC1. The van der Waals surface area contributed by atoms with Crippen molar-refractivity contribution in [3.05, 3.63) is 12.7 Å². The monoisotopic (exact) mass is 139 g/mol. The maximum atomic E-state index is 10.7. The molecule has 1 fully saturated rings. The summed E-state index contributed by atoms with van der Waals surface area (Å²) < 4.78 is 0. The molecular formula is C8H13NO. The molecule has 0 aromatic rings. The highest BCUT2D eigenvalue weighted by molar-refractivity contribution is 5.74. The van der Waals surface area contributed by atoms with Gasteiger partial charge in [0, 0.05) is 6.92 Å². The normalized spacial score (nSPS) is 20.9. The van der Waals surface area contributed by atoms with Crippen LogP contribution in [0.3, 0.4) is 0 Å². The van der Waals surface area contributed by atoms with Gasteiger partial charge in [0.1, 0.15) is 0 Å². The standard InChI is InChI=1S/C8H13NO/c1-3-8(5-4-6-8)9-7(2)10/h3H,1,4-6H2,2H3,(H,9,10). The van der Waals surface area contributed by atoms with Crippen molar-refractivity contribution >= 4 is 5.91 Å². The first-order valence-electron chi connectivity index (χ1n) is 3.61. The Bertz CT molecular complexity index is 159. The number of carbonyl (C=O) groups excluding carboxylic acids is 1. The summed E-state index contributed by atoms with van der Waals surface area (Å²) >= 11 is 0. The first-order chi connectivity index (χ1) is 4.68. The molecule has 0 aromatic carbocycles. The van der Waals surface area contributed by atoms with Crippen molar-refractivity contribution in [3.8, 4) is 0 Å². The predicted molar refractivity (Wildman–Crippen MR) is 40.6 cm³/mol. The van der Waals surface area contributed by atoms with E-state index in [0.717, 1.165) is 12.8 Å². The van der Waals surface area contributed by atoms with Gasteiger partial charge >= 0.3 is 0 Å². The molecule has 1 amide bonds. The third kappa shape index (κ3) is 1.20. The minimum atomic E-state index is -0.0498. The number of hydrogen-bond donors (Lipinski definition) is 1. The summed E-state index contributed by atoms with van der Waals surface area (Å²) in [5.41, 5.74) is -0.0498. The second-order valence-corrected chi connectivity index (χ2v) is 2.90. The van der Waals surface area contributed by atoms with Crippen LogP contribution in [0.15, 0.2) is 12.7 Å². The largest absolute Gasteiger partial charge is 0.347 e. The average Bonchev–Trinajstić information content (AvgIpc) is 1.78. The zero-order valence-electron chi connectivity index (χ0n) is 6.31. The summed E-state index contributed by atoms with van der Waals surface area (Å²) in [6.07, 6.45) is 5.15. The van der Waals surface area contributed by atoms with Crippen LogP contribution in [-0.4, -0.2) is 11.4 Å². The van der Waals surface area contributed by atoms with Crippen LogP contribution >= 0.6 is 0 Å². The van der Waals surface area contributed by atoms with E-state index in [9.17, 15) is 4.79 Å². The highest BCUT2D eigenvalue weighted by Crippen LogP contribution is 2.32. The highest BCUT2D eigenvalue weighted by Gasteiger charge is 2.34. The van der Waals surface area contributed by atoms with Crippen LogP contribution in [-0.2, 0) is 4.79 Å². The smallest absolute Gasteiger partial charge is 0.217 e. The molecule has 0 unspecified atom stereocenters. The van der Waals surface area contributed by atoms with Crippen molar-refractivity contribution < 1.29 is 4.79 Å². The van der Waals surface area contributed by atoms with Crippen molar-refractivity contribution in [1.82, 2.24) is 5.32 Å². The highest BCUT2D eigenvalue weighted by atomic mass is 16.1. The lowest BCUT2D eigenvalue weighted by atomic mass is 9.77. The van der Waals surface area contributed by atoms with Crippen LogP contribution in [0.25, 0.3) is 0 Å². The molecule has 10 heavy (non-hydrogen) atoms. The third-order valence-corrected chi connectivity index (χ3v) is 2.06. The van der Waals surface area contributed by atoms with Gasteiger partial charge in [0.2, 0.25) is 5.91 Å². The van der Waals surface area contributed by atoms with Gasteiger partial charge in [-0.15, -0.1) is 6.58 Å². The Morgan fingerprint density at radius 1 is 1.70 bits per heavy atom. The van der Waals surface area contributed by atoms with Crippen LogP contribution in [0.1, 0.15) is 26.2 Å². The topological polar surface area (TPSA) is 29.1 Å². The van der Waals surface area contributed by atoms with E-state index in [4.69, 9.17) is 0 Å². The zero-order chi connectivity index (χ0) is 7.61. The number of carbonyl (C=O) groups is 1. The maximum absolute atomic E-state index is 10.7. The van der Waals surface area contributed by atoms with E-state index >= 15 is 0 Å². The lowest BCUT2D eigenvalue weighted by Crippen LogP contribution is -2.51. The van der Waals surface area contributed by atoms with Crippen molar-refractivity contribution in [1.29, 1.82) is 0 Å². The van der Waals surface area contributed by atoms with E-state index in [1.165, 1.54) is 6.42 Å². The Kier molecular flexibility index (Phi) is 1.79. The fraction of sp³-hybridized carbons (Fsp3) is 0.625. The summed E-state index contributed by atoms with van der Waals surface area (Å²) in [5, 5.41) is 2.89. The lowest BCUT2D eigenvalue weighted by molar-refractivity contribution is -0.121. The van der Waals surface area contributed by atoms with Crippen LogP contribution < -0.4 is 5.32 Å². The molecule has 0 aliphatic heterocycles. The van der Waals surface area contributed by atoms with Crippen molar-refractivity contribution in [2.45, 2.75) is 31.7 Å². The second kappa shape index (κ2) is 2.45. The third-order valence-electron chi connectivity index (χ3n) is 2.06. The van der Waals surface area contributed by atoms with Gasteiger partial charge < -0.3 is 5.32 Å². The van der Waals surface area contributed by atoms with Gasteiger partial charge in [0.25, 0.3) is 0 Å². The zero-order valence-corrected chi connectivity index (χ0v) is 6.31. The Hall–Kier alpha value is -0.790. The molecule has 0 spiro atoms. The van der Waals surface area contributed by atoms with E-state index in [0.29, 0.717) is 0 Å². The Balaban J connectivity index is 2.48.